The number of hydrogen-bond acceptors (Lipinski definition) is 5. The van der Waals surface area contributed by atoms with Crippen LogP contribution in [0.15, 0.2) is 41.6 Å². The molecule has 0 radical (unpaired) electrons. The Morgan fingerprint density at radius 3 is 2.84 bits per heavy atom. The summed E-state index contributed by atoms with van der Waals surface area (Å²) in [6.07, 6.45) is 0.139. The molecule has 5 heteroatoms. The number of para-hydroxylation sites is 1. The second-order valence-electron chi connectivity index (χ2n) is 3.94. The molecular formula is C14H14N2O3. The predicted octanol–water partition coefficient (Wildman–Crippen LogP) is 2.17. The highest BCUT2D eigenvalue weighted by molar-refractivity contribution is 6.36. The molecule has 0 aliphatic rings. The number of rotatable bonds is 4. The Balaban J connectivity index is 2.22. The molecule has 1 aromatic carbocycles. The summed E-state index contributed by atoms with van der Waals surface area (Å²) in [5.74, 6) is -0.625. The van der Waals surface area contributed by atoms with Gasteiger partial charge in [0.15, 0.2) is 5.71 Å². The number of ether oxygens (including phenoxy) is 1. The predicted molar refractivity (Wildman–Crippen MR) is 71.3 cm³/mol. The molecule has 0 saturated carbocycles. The summed E-state index contributed by atoms with van der Waals surface area (Å²) in [7, 11) is 0. The van der Waals surface area contributed by atoms with Gasteiger partial charge in [0.05, 0.1) is 12.1 Å². The minimum atomic E-state index is -0.625. The zero-order valence-electron chi connectivity index (χ0n) is 10.5. The van der Waals surface area contributed by atoms with E-state index in [-0.39, 0.29) is 18.7 Å². The molecular weight excluding hydrogens is 244 g/mol. The molecule has 19 heavy (non-hydrogen) atoms. The first kappa shape index (κ1) is 13.0. The number of esters is 1. The number of aromatic nitrogens is 1. The van der Waals surface area contributed by atoms with E-state index in [1.807, 2.05) is 30.3 Å². The first-order valence-corrected chi connectivity index (χ1v) is 5.97. The topological polar surface area (TPSA) is 71.8 Å². The lowest BCUT2D eigenvalue weighted by molar-refractivity contribution is -0.135. The van der Waals surface area contributed by atoms with E-state index < -0.39 is 5.97 Å². The summed E-state index contributed by atoms with van der Waals surface area (Å²) in [6, 6.07) is 11.4. The number of fused-ring (bicyclic) bond motifs is 1. The smallest absolute Gasteiger partial charge is 0.356 e. The maximum atomic E-state index is 11.5. The highest BCUT2D eigenvalue weighted by Crippen LogP contribution is 2.12. The van der Waals surface area contributed by atoms with Crippen molar-refractivity contribution in [1.82, 2.24) is 4.98 Å². The van der Waals surface area contributed by atoms with Crippen molar-refractivity contribution in [2.24, 2.45) is 5.16 Å². The molecule has 0 spiro atoms. The van der Waals surface area contributed by atoms with Gasteiger partial charge in [-0.25, -0.2) is 4.79 Å². The van der Waals surface area contributed by atoms with Crippen molar-refractivity contribution in [3.63, 3.8) is 0 Å². The van der Waals surface area contributed by atoms with E-state index in [0.717, 1.165) is 10.9 Å². The highest BCUT2D eigenvalue weighted by atomic mass is 16.5. The molecule has 0 aliphatic carbocycles. The van der Waals surface area contributed by atoms with E-state index in [0.29, 0.717) is 5.69 Å². The van der Waals surface area contributed by atoms with Crippen LogP contribution in [0.5, 0.6) is 0 Å². The Labute approximate surface area is 110 Å². The van der Waals surface area contributed by atoms with E-state index in [1.165, 1.54) is 0 Å². The van der Waals surface area contributed by atoms with Crippen LogP contribution < -0.4 is 0 Å². The zero-order valence-corrected chi connectivity index (χ0v) is 10.5. The van der Waals surface area contributed by atoms with Crippen LogP contribution >= 0.6 is 0 Å². The Hall–Kier alpha value is -2.43. The third-order valence-electron chi connectivity index (χ3n) is 2.64. The van der Waals surface area contributed by atoms with Crippen molar-refractivity contribution in [1.29, 1.82) is 0 Å². The average molecular weight is 258 g/mol. The summed E-state index contributed by atoms with van der Waals surface area (Å²) >= 11 is 0. The van der Waals surface area contributed by atoms with Crippen LogP contribution in [0.25, 0.3) is 10.9 Å². The Kier molecular flexibility index (Phi) is 4.07. The van der Waals surface area contributed by atoms with Gasteiger partial charge in [-0.05, 0) is 19.1 Å². The Morgan fingerprint density at radius 2 is 2.11 bits per heavy atom. The minimum absolute atomic E-state index is 0.0513. The molecule has 1 heterocycles. The van der Waals surface area contributed by atoms with Gasteiger partial charge in [-0.3, -0.25) is 4.98 Å². The molecule has 98 valence electrons. The van der Waals surface area contributed by atoms with Crippen LogP contribution in [0.2, 0.25) is 0 Å². The average Bonchev–Trinajstić information content (AvgIpc) is 2.44. The minimum Gasteiger partial charge on any atom is -0.461 e. The molecule has 0 saturated heterocycles. The number of oxime groups is 1. The van der Waals surface area contributed by atoms with Gasteiger partial charge in [-0.1, -0.05) is 29.4 Å². The van der Waals surface area contributed by atoms with E-state index in [1.54, 1.807) is 13.0 Å². The lowest BCUT2D eigenvalue weighted by Gasteiger charge is -2.05. The molecule has 1 N–H and O–H groups in total. The SMILES string of the molecule is CCOC(=O)/C(Cc1ccc2ccccc2n1)=N/O. The van der Waals surface area contributed by atoms with Crippen molar-refractivity contribution in [3.05, 3.63) is 42.1 Å². The molecule has 0 aliphatic heterocycles. The molecule has 2 aromatic rings. The number of carbonyl (C=O) groups is 1. The van der Waals surface area contributed by atoms with Crippen molar-refractivity contribution < 1.29 is 14.7 Å². The van der Waals surface area contributed by atoms with Gasteiger partial charge in [0.2, 0.25) is 0 Å². The molecule has 0 amide bonds. The van der Waals surface area contributed by atoms with E-state index >= 15 is 0 Å². The van der Waals surface area contributed by atoms with Gasteiger partial charge in [0, 0.05) is 17.5 Å². The number of pyridine rings is 1. The van der Waals surface area contributed by atoms with Crippen molar-refractivity contribution in [3.8, 4) is 0 Å². The first-order chi connectivity index (χ1) is 9.24. The normalized spacial score (nSPS) is 11.5. The fourth-order valence-corrected chi connectivity index (χ4v) is 1.74. The van der Waals surface area contributed by atoms with Gasteiger partial charge in [0.25, 0.3) is 0 Å². The van der Waals surface area contributed by atoms with Gasteiger partial charge >= 0.3 is 5.97 Å². The summed E-state index contributed by atoms with van der Waals surface area (Å²) < 4.78 is 4.80. The summed E-state index contributed by atoms with van der Waals surface area (Å²) in [6.45, 7) is 1.93. The quantitative estimate of drug-likeness (QED) is 0.395. The molecule has 1 aromatic heterocycles. The second-order valence-corrected chi connectivity index (χ2v) is 3.94. The second kappa shape index (κ2) is 5.95. The number of nitrogens with zero attached hydrogens (tertiary/aromatic N) is 2. The molecule has 0 fully saturated rings. The van der Waals surface area contributed by atoms with E-state index in [2.05, 4.69) is 10.1 Å². The lowest BCUT2D eigenvalue weighted by atomic mass is 10.1. The van der Waals surface area contributed by atoms with Crippen LogP contribution in [0.1, 0.15) is 12.6 Å². The largest absolute Gasteiger partial charge is 0.461 e. The van der Waals surface area contributed by atoms with Crippen molar-refractivity contribution in [2.75, 3.05) is 6.61 Å². The van der Waals surface area contributed by atoms with Gasteiger partial charge in [0.1, 0.15) is 0 Å². The molecule has 0 bridgehead atoms. The Bertz CT molecular complexity index is 623. The number of benzene rings is 1. The zero-order chi connectivity index (χ0) is 13.7. The lowest BCUT2D eigenvalue weighted by Crippen LogP contribution is -2.20. The maximum absolute atomic E-state index is 11.5. The van der Waals surface area contributed by atoms with Gasteiger partial charge < -0.3 is 9.94 Å². The monoisotopic (exact) mass is 258 g/mol. The third kappa shape index (κ3) is 3.07. The number of hydrogen-bond donors (Lipinski definition) is 1. The van der Waals surface area contributed by atoms with Crippen LogP contribution in [0.3, 0.4) is 0 Å². The molecule has 5 nitrogen and oxygen atoms in total. The molecule has 0 unspecified atom stereocenters. The van der Waals surface area contributed by atoms with E-state index in [4.69, 9.17) is 9.94 Å². The fourth-order valence-electron chi connectivity index (χ4n) is 1.74. The molecule has 0 atom stereocenters. The van der Waals surface area contributed by atoms with E-state index in [9.17, 15) is 4.79 Å². The van der Waals surface area contributed by atoms with Gasteiger partial charge in [-0.15, -0.1) is 0 Å². The summed E-state index contributed by atoms with van der Waals surface area (Å²) in [4.78, 5) is 15.9. The standard InChI is InChI=1S/C14H14N2O3/c1-2-19-14(17)13(16-18)9-11-8-7-10-5-3-4-6-12(10)15-11/h3-8,18H,2,9H2,1H3/b16-13+. The van der Waals surface area contributed by atoms with Crippen LogP contribution in [0, 0.1) is 0 Å². The third-order valence-corrected chi connectivity index (χ3v) is 2.64. The number of carbonyl (C=O) groups excluding carboxylic acids is 1. The maximum Gasteiger partial charge on any atom is 0.356 e. The van der Waals surface area contributed by atoms with Crippen LogP contribution in [0.4, 0.5) is 0 Å². The van der Waals surface area contributed by atoms with Gasteiger partial charge in [-0.2, -0.15) is 0 Å². The molecule has 2 rings (SSSR count). The van der Waals surface area contributed by atoms with Crippen LogP contribution in [-0.2, 0) is 16.0 Å². The Morgan fingerprint density at radius 1 is 1.32 bits per heavy atom. The van der Waals surface area contributed by atoms with Crippen LogP contribution in [-0.4, -0.2) is 28.5 Å². The van der Waals surface area contributed by atoms with Crippen molar-refractivity contribution >= 4 is 22.6 Å². The first-order valence-electron chi connectivity index (χ1n) is 5.97. The van der Waals surface area contributed by atoms with Crippen molar-refractivity contribution in [2.45, 2.75) is 13.3 Å². The fraction of sp³-hybridized carbons (Fsp3) is 0.214. The highest BCUT2D eigenvalue weighted by Gasteiger charge is 2.15. The summed E-state index contributed by atoms with van der Waals surface area (Å²) in [5.41, 5.74) is 1.44. The summed E-state index contributed by atoms with van der Waals surface area (Å²) in [5, 5.41) is 12.9.